The third-order valence-electron chi connectivity index (χ3n) is 3.37. The molecule has 0 saturated carbocycles. The van der Waals surface area contributed by atoms with Crippen molar-refractivity contribution in [2.75, 3.05) is 11.5 Å². The SMILES string of the molecule is CCCC(C)CC(N)C1SCCSC1CC. The van der Waals surface area contributed by atoms with E-state index in [2.05, 4.69) is 44.3 Å². The first kappa shape index (κ1) is 14.7. The van der Waals surface area contributed by atoms with Crippen molar-refractivity contribution >= 4 is 23.5 Å². The van der Waals surface area contributed by atoms with Gasteiger partial charge in [0, 0.05) is 28.0 Å². The van der Waals surface area contributed by atoms with E-state index in [1.54, 1.807) is 0 Å². The highest BCUT2D eigenvalue weighted by Gasteiger charge is 2.30. The molecule has 1 fully saturated rings. The fourth-order valence-electron chi connectivity index (χ4n) is 2.54. The van der Waals surface area contributed by atoms with Crippen LogP contribution in [0.3, 0.4) is 0 Å². The van der Waals surface area contributed by atoms with Gasteiger partial charge in [0.1, 0.15) is 0 Å². The Morgan fingerprint density at radius 3 is 2.56 bits per heavy atom. The molecular formula is C13H27NS2. The molecule has 1 rings (SSSR count). The van der Waals surface area contributed by atoms with Crippen molar-refractivity contribution in [1.29, 1.82) is 0 Å². The van der Waals surface area contributed by atoms with Gasteiger partial charge in [-0.25, -0.2) is 0 Å². The fourth-order valence-corrected chi connectivity index (χ4v) is 5.75. The molecule has 16 heavy (non-hydrogen) atoms. The van der Waals surface area contributed by atoms with Crippen LogP contribution in [0, 0.1) is 5.92 Å². The van der Waals surface area contributed by atoms with Crippen molar-refractivity contribution in [3.63, 3.8) is 0 Å². The molecule has 0 bridgehead atoms. The van der Waals surface area contributed by atoms with E-state index in [1.165, 1.54) is 37.2 Å². The van der Waals surface area contributed by atoms with Gasteiger partial charge >= 0.3 is 0 Å². The van der Waals surface area contributed by atoms with E-state index in [1.807, 2.05) is 0 Å². The van der Waals surface area contributed by atoms with E-state index < -0.39 is 0 Å². The fraction of sp³-hybridized carbons (Fsp3) is 1.00. The van der Waals surface area contributed by atoms with Gasteiger partial charge in [-0.15, -0.1) is 0 Å². The summed E-state index contributed by atoms with van der Waals surface area (Å²) in [6, 6.07) is 0.407. The van der Waals surface area contributed by atoms with E-state index in [9.17, 15) is 0 Å². The number of thioether (sulfide) groups is 2. The molecule has 0 radical (unpaired) electrons. The molecule has 0 aromatic rings. The lowest BCUT2D eigenvalue weighted by Gasteiger charge is -2.35. The summed E-state index contributed by atoms with van der Waals surface area (Å²) in [6.45, 7) is 6.92. The molecule has 1 aliphatic heterocycles. The Hall–Kier alpha value is 0.660. The molecule has 0 aromatic carbocycles. The van der Waals surface area contributed by atoms with Crippen molar-refractivity contribution in [3.05, 3.63) is 0 Å². The summed E-state index contributed by atoms with van der Waals surface area (Å²) in [7, 11) is 0. The Bertz CT molecular complexity index is 187. The van der Waals surface area contributed by atoms with Gasteiger partial charge in [-0.2, -0.15) is 23.5 Å². The molecule has 0 amide bonds. The predicted octanol–water partition coefficient (Wildman–Crippen LogP) is 3.77. The molecule has 3 heteroatoms. The van der Waals surface area contributed by atoms with Crippen LogP contribution in [-0.4, -0.2) is 28.0 Å². The normalized spacial score (nSPS) is 30.0. The molecule has 2 N–H and O–H groups in total. The van der Waals surface area contributed by atoms with E-state index in [4.69, 9.17) is 5.73 Å². The zero-order valence-corrected chi connectivity index (χ0v) is 12.6. The van der Waals surface area contributed by atoms with Gasteiger partial charge in [0.15, 0.2) is 0 Å². The predicted molar refractivity (Wildman–Crippen MR) is 79.4 cm³/mol. The zero-order chi connectivity index (χ0) is 12.0. The summed E-state index contributed by atoms with van der Waals surface area (Å²) in [5.41, 5.74) is 6.41. The average molecular weight is 262 g/mol. The molecule has 1 nitrogen and oxygen atoms in total. The van der Waals surface area contributed by atoms with Gasteiger partial charge in [0.25, 0.3) is 0 Å². The standard InChI is InChI=1S/C13H27NS2/c1-4-6-10(3)9-11(14)13-12(5-2)15-7-8-16-13/h10-13H,4-9,14H2,1-3H3. The Morgan fingerprint density at radius 2 is 1.94 bits per heavy atom. The molecule has 0 spiro atoms. The average Bonchev–Trinajstić information content (AvgIpc) is 2.29. The van der Waals surface area contributed by atoms with Crippen LogP contribution in [0.25, 0.3) is 0 Å². The van der Waals surface area contributed by atoms with Crippen LogP contribution in [-0.2, 0) is 0 Å². The van der Waals surface area contributed by atoms with Gasteiger partial charge in [0.2, 0.25) is 0 Å². The molecule has 4 atom stereocenters. The summed E-state index contributed by atoms with van der Waals surface area (Å²) < 4.78 is 0. The van der Waals surface area contributed by atoms with Gasteiger partial charge in [-0.3, -0.25) is 0 Å². The van der Waals surface area contributed by atoms with Crippen molar-refractivity contribution < 1.29 is 0 Å². The van der Waals surface area contributed by atoms with Crippen LogP contribution in [0.2, 0.25) is 0 Å². The summed E-state index contributed by atoms with van der Waals surface area (Å²) >= 11 is 4.26. The monoisotopic (exact) mass is 261 g/mol. The maximum Gasteiger partial charge on any atom is 0.0318 e. The third-order valence-corrected chi connectivity index (χ3v) is 6.80. The van der Waals surface area contributed by atoms with Gasteiger partial charge in [-0.1, -0.05) is 33.6 Å². The van der Waals surface area contributed by atoms with Crippen LogP contribution >= 0.6 is 23.5 Å². The number of nitrogens with two attached hydrogens (primary N) is 1. The summed E-state index contributed by atoms with van der Waals surface area (Å²) in [5, 5.41) is 1.49. The van der Waals surface area contributed by atoms with Gasteiger partial charge in [0.05, 0.1) is 0 Å². The first-order valence-corrected chi connectivity index (χ1v) is 8.77. The zero-order valence-electron chi connectivity index (χ0n) is 10.9. The number of hydrogen-bond donors (Lipinski definition) is 1. The van der Waals surface area contributed by atoms with Crippen molar-refractivity contribution in [3.8, 4) is 0 Å². The summed E-state index contributed by atoms with van der Waals surface area (Å²) in [4.78, 5) is 0. The molecule has 1 aliphatic rings. The maximum absolute atomic E-state index is 6.41. The van der Waals surface area contributed by atoms with Crippen molar-refractivity contribution in [2.24, 2.45) is 11.7 Å². The molecular weight excluding hydrogens is 234 g/mol. The topological polar surface area (TPSA) is 26.0 Å². The highest BCUT2D eigenvalue weighted by molar-refractivity contribution is 8.07. The largest absolute Gasteiger partial charge is 0.327 e. The van der Waals surface area contributed by atoms with Crippen LogP contribution in [0.4, 0.5) is 0 Å². The highest BCUT2D eigenvalue weighted by Crippen LogP contribution is 2.36. The Morgan fingerprint density at radius 1 is 1.25 bits per heavy atom. The van der Waals surface area contributed by atoms with Crippen molar-refractivity contribution in [1.82, 2.24) is 0 Å². The molecule has 0 aromatic heterocycles. The first-order chi connectivity index (χ1) is 7.69. The van der Waals surface area contributed by atoms with Crippen LogP contribution < -0.4 is 5.73 Å². The van der Waals surface area contributed by atoms with E-state index in [-0.39, 0.29) is 0 Å². The lowest BCUT2D eigenvalue weighted by Crippen LogP contribution is -2.42. The molecule has 96 valence electrons. The van der Waals surface area contributed by atoms with Crippen LogP contribution in [0.1, 0.15) is 46.5 Å². The van der Waals surface area contributed by atoms with E-state index >= 15 is 0 Å². The Balaban J connectivity index is 2.40. The maximum atomic E-state index is 6.41. The van der Waals surface area contributed by atoms with Gasteiger partial charge < -0.3 is 5.73 Å². The third kappa shape index (κ3) is 4.50. The molecule has 0 aliphatic carbocycles. The Labute approximate surface area is 110 Å². The van der Waals surface area contributed by atoms with E-state index in [0.717, 1.165) is 11.2 Å². The highest BCUT2D eigenvalue weighted by atomic mass is 32.2. The first-order valence-electron chi connectivity index (χ1n) is 6.67. The molecule has 1 saturated heterocycles. The quantitative estimate of drug-likeness (QED) is 0.788. The summed E-state index contributed by atoms with van der Waals surface area (Å²) in [6.07, 6.45) is 5.10. The summed E-state index contributed by atoms with van der Waals surface area (Å²) in [5.74, 6) is 3.41. The molecule has 1 heterocycles. The van der Waals surface area contributed by atoms with Crippen LogP contribution in [0.15, 0.2) is 0 Å². The second-order valence-corrected chi connectivity index (χ2v) is 7.58. The minimum absolute atomic E-state index is 0.407. The lowest BCUT2D eigenvalue weighted by atomic mass is 9.94. The smallest absolute Gasteiger partial charge is 0.0318 e. The minimum Gasteiger partial charge on any atom is -0.327 e. The second-order valence-electron chi connectivity index (χ2n) is 4.95. The van der Waals surface area contributed by atoms with E-state index in [0.29, 0.717) is 11.3 Å². The number of hydrogen-bond acceptors (Lipinski definition) is 3. The lowest BCUT2D eigenvalue weighted by molar-refractivity contribution is 0.421. The van der Waals surface area contributed by atoms with Crippen molar-refractivity contribution in [2.45, 2.75) is 63.0 Å². The Kier molecular flexibility index (Phi) is 7.25. The second kappa shape index (κ2) is 7.88. The number of rotatable bonds is 6. The van der Waals surface area contributed by atoms with Crippen LogP contribution in [0.5, 0.6) is 0 Å². The minimum atomic E-state index is 0.407. The molecule has 4 unspecified atom stereocenters. The van der Waals surface area contributed by atoms with Gasteiger partial charge in [-0.05, 0) is 18.8 Å².